The molecule has 0 rings (SSSR count). The first-order chi connectivity index (χ1) is 12.1. The van der Waals surface area contributed by atoms with E-state index in [1.165, 1.54) is 0 Å². The van der Waals surface area contributed by atoms with Gasteiger partial charge in [-0.3, -0.25) is 24.0 Å². The van der Waals surface area contributed by atoms with Gasteiger partial charge >= 0.3 is 0 Å². The molecule has 17 heteroatoms. The van der Waals surface area contributed by atoms with Crippen molar-refractivity contribution in [2.75, 3.05) is 26.2 Å². The smallest absolute Gasteiger partial charge is 0.300 e. The summed E-state index contributed by atoms with van der Waals surface area (Å²) in [5.41, 5.74) is 10.3. The molecule has 0 fully saturated rings. The number of carbonyl (C=O) groups is 5. The fourth-order valence-corrected chi connectivity index (χ4v) is 0.329. The topological polar surface area (TPSA) is 251 Å². The molecule has 0 aromatic rings. The predicted molar refractivity (Wildman–Crippen MR) is 121 cm³/mol. The molecule has 0 bridgehead atoms. The van der Waals surface area contributed by atoms with Crippen molar-refractivity contribution in [3.8, 4) is 0 Å². The minimum absolute atomic E-state index is 0. The number of carboxylic acids is 5. The molecule has 5 radical (unpaired) electrons. The van der Waals surface area contributed by atoms with Crippen molar-refractivity contribution in [3.05, 3.63) is 0 Å². The van der Waals surface area contributed by atoms with Gasteiger partial charge in [-0.15, -0.1) is 0 Å². The molecule has 0 heterocycles. The first-order valence-corrected chi connectivity index (χ1v) is 7.16. The van der Waals surface area contributed by atoms with Crippen molar-refractivity contribution in [3.63, 3.8) is 0 Å². The van der Waals surface area contributed by atoms with E-state index in [4.69, 9.17) is 61.0 Å². The zero-order valence-corrected chi connectivity index (χ0v) is 30.4. The summed E-state index contributed by atoms with van der Waals surface area (Å²) < 4.78 is 0. The van der Waals surface area contributed by atoms with Gasteiger partial charge < -0.3 is 42.3 Å². The Hall–Kier alpha value is 1.80. The molecule has 31 heavy (non-hydrogen) atoms. The summed E-state index contributed by atoms with van der Waals surface area (Å²) in [6, 6.07) is 0. The van der Waals surface area contributed by atoms with Crippen molar-refractivity contribution < 1.29 is 49.5 Å². The van der Waals surface area contributed by atoms with Gasteiger partial charge in [0.1, 0.15) is 0 Å². The molecule has 0 aromatic heterocycles. The van der Waals surface area contributed by atoms with Gasteiger partial charge in [0.25, 0.3) is 29.8 Å². The second kappa shape index (κ2) is 63.5. The Kier molecular flexibility index (Phi) is 131. The monoisotopic (exact) mass is 610 g/mol. The molecule has 0 saturated heterocycles. The van der Waals surface area contributed by atoms with Gasteiger partial charge in [0, 0.05) is 198 Å². The second-order valence-electron chi connectivity index (χ2n) is 3.92. The Morgan fingerprint density at radius 3 is 0.710 bits per heavy atom. The average molecular weight is 610 g/mol. The number of hydrogen-bond donors (Lipinski definition) is 8. The maximum Gasteiger partial charge on any atom is 0.300 e. The molecule has 0 aliphatic carbocycles. The summed E-state index contributed by atoms with van der Waals surface area (Å²) in [4.78, 5) is 45.0. The van der Waals surface area contributed by atoms with Crippen molar-refractivity contribution in [1.29, 1.82) is 0 Å². The molecule has 10 N–H and O–H groups in total. The predicted octanol–water partition coefficient (Wildman–Crippen LogP) is -2.58. The Balaban J connectivity index is -0.0000000211. The third kappa shape index (κ3) is 839. The number of nitrogens with one attached hydrogen (secondary N) is 1. The summed E-state index contributed by atoms with van der Waals surface area (Å²) in [5.74, 6) is -4.17. The van der Waals surface area contributed by atoms with Crippen molar-refractivity contribution in [1.82, 2.24) is 5.32 Å². The standard InChI is InChI=1S/C4H13N3.5C2H4O2.Ba.3Na/c5-1-3-7-4-2-6;5*1-2(3)4;;;;/h7H,1-6H2;5*1H3,(H,3,4);;;;. The molecule has 169 valence electrons. The molecule has 0 amide bonds. The average Bonchev–Trinajstić information content (AvgIpc) is 2.35. The Morgan fingerprint density at radius 1 is 0.548 bits per heavy atom. The van der Waals surface area contributed by atoms with E-state index in [9.17, 15) is 0 Å². The van der Waals surface area contributed by atoms with Gasteiger partial charge in [-0.1, -0.05) is 0 Å². The van der Waals surface area contributed by atoms with E-state index in [0.717, 1.165) is 47.7 Å². The van der Waals surface area contributed by atoms with Crippen molar-refractivity contribution in [2.45, 2.75) is 34.6 Å². The van der Waals surface area contributed by atoms with E-state index in [2.05, 4.69) is 5.32 Å². The van der Waals surface area contributed by atoms with Gasteiger partial charge in [-0.2, -0.15) is 0 Å². The van der Waals surface area contributed by atoms with Crippen LogP contribution in [0.3, 0.4) is 0 Å². The fourth-order valence-electron chi connectivity index (χ4n) is 0.329. The number of nitrogens with two attached hydrogens (primary N) is 2. The van der Waals surface area contributed by atoms with Crippen LogP contribution in [0.15, 0.2) is 0 Å². The normalized spacial score (nSPS) is 6.16. The van der Waals surface area contributed by atoms with Crippen LogP contribution in [0.25, 0.3) is 0 Å². The molecule has 0 aliphatic heterocycles. The van der Waals surface area contributed by atoms with Crippen LogP contribution in [0.2, 0.25) is 0 Å². The SMILES string of the molecule is CC(=O)O.CC(=O)O.CC(=O)O.CC(=O)O.CC(=O)O.NCCNCCN.[Ba].[Na].[Na].[Na]. The van der Waals surface area contributed by atoms with Crippen LogP contribution in [0.5, 0.6) is 0 Å². The summed E-state index contributed by atoms with van der Waals surface area (Å²) >= 11 is 0. The van der Waals surface area contributed by atoms with E-state index in [-0.39, 0.29) is 138 Å². The number of aliphatic carboxylic acids is 5. The summed E-state index contributed by atoms with van der Waals surface area (Å²) in [6.07, 6.45) is 0. The molecule has 0 atom stereocenters. The van der Waals surface area contributed by atoms with Gasteiger partial charge in [0.2, 0.25) is 0 Å². The van der Waals surface area contributed by atoms with Crippen molar-refractivity contribution in [2.24, 2.45) is 11.5 Å². The van der Waals surface area contributed by atoms with E-state index in [0.29, 0.717) is 13.1 Å². The van der Waals surface area contributed by atoms with Crippen LogP contribution >= 0.6 is 0 Å². The summed E-state index contributed by atoms with van der Waals surface area (Å²) in [7, 11) is 0. The number of rotatable bonds is 4. The van der Waals surface area contributed by atoms with Crippen molar-refractivity contribution >= 4 is 167 Å². The summed E-state index contributed by atoms with van der Waals surface area (Å²) in [5, 5.41) is 40.1. The molecule has 0 aromatic carbocycles. The van der Waals surface area contributed by atoms with Crippen LogP contribution in [-0.2, 0) is 24.0 Å². The van der Waals surface area contributed by atoms with Gasteiger partial charge in [0.15, 0.2) is 0 Å². The molecular formula is C14H33BaN3Na3O10. The molecular weight excluding hydrogens is 576 g/mol. The molecule has 0 saturated carbocycles. The van der Waals surface area contributed by atoms with Gasteiger partial charge in [-0.05, 0) is 0 Å². The van der Waals surface area contributed by atoms with E-state index >= 15 is 0 Å². The minimum Gasteiger partial charge on any atom is -0.481 e. The van der Waals surface area contributed by atoms with Crippen LogP contribution in [0.1, 0.15) is 34.6 Å². The van der Waals surface area contributed by atoms with Crippen LogP contribution in [0, 0.1) is 0 Å². The van der Waals surface area contributed by atoms with Crippen LogP contribution < -0.4 is 16.8 Å². The first kappa shape index (κ1) is 63.8. The van der Waals surface area contributed by atoms with Crippen LogP contribution in [-0.4, -0.2) is 219 Å². The quantitative estimate of drug-likeness (QED) is 0.121. The zero-order chi connectivity index (χ0) is 23.4. The maximum absolute atomic E-state index is 9.00. The third-order valence-corrected chi connectivity index (χ3v) is 0.642. The molecule has 0 unspecified atom stereocenters. The number of hydrogen-bond acceptors (Lipinski definition) is 8. The minimum atomic E-state index is -0.833. The molecule has 0 spiro atoms. The fraction of sp³-hybridized carbons (Fsp3) is 0.643. The number of carboxylic acid groups (broad SMARTS) is 5. The van der Waals surface area contributed by atoms with Gasteiger partial charge in [-0.25, -0.2) is 0 Å². The van der Waals surface area contributed by atoms with E-state index < -0.39 is 29.8 Å². The van der Waals surface area contributed by atoms with E-state index in [1.807, 2.05) is 0 Å². The van der Waals surface area contributed by atoms with E-state index in [1.54, 1.807) is 0 Å². The first-order valence-electron chi connectivity index (χ1n) is 7.16. The third-order valence-electron chi connectivity index (χ3n) is 0.642. The van der Waals surface area contributed by atoms with Crippen LogP contribution in [0.4, 0.5) is 0 Å². The zero-order valence-electron chi connectivity index (χ0n) is 20.0. The van der Waals surface area contributed by atoms with Gasteiger partial charge in [0.05, 0.1) is 0 Å². The molecule has 0 aliphatic rings. The Bertz CT molecular complexity index is 303. The summed E-state index contributed by atoms with van der Waals surface area (Å²) in [6.45, 7) is 8.55. The molecule has 13 nitrogen and oxygen atoms in total. The maximum atomic E-state index is 9.00. The Morgan fingerprint density at radius 2 is 0.645 bits per heavy atom. The largest absolute Gasteiger partial charge is 0.481 e. The second-order valence-corrected chi connectivity index (χ2v) is 3.92. The Labute approximate surface area is 289 Å².